The van der Waals surface area contributed by atoms with Crippen molar-refractivity contribution >= 4 is 17.5 Å². The van der Waals surface area contributed by atoms with Gasteiger partial charge in [-0.3, -0.25) is 4.79 Å². The van der Waals surface area contributed by atoms with E-state index in [1.165, 1.54) is 0 Å². The summed E-state index contributed by atoms with van der Waals surface area (Å²) in [4.78, 5) is 11.9. The average Bonchev–Trinajstić information content (AvgIpc) is 2.56. The molecular weight excluding hydrogens is 198 g/mol. The van der Waals surface area contributed by atoms with Gasteiger partial charge in [0.2, 0.25) is 5.91 Å². The van der Waals surface area contributed by atoms with Crippen molar-refractivity contribution in [1.82, 2.24) is 5.32 Å². The Hall–Kier alpha value is -0.240. The van der Waals surface area contributed by atoms with Gasteiger partial charge in [-0.2, -0.15) is 0 Å². The lowest BCUT2D eigenvalue weighted by Crippen LogP contribution is -2.53. The molecule has 80 valence electrons. The van der Waals surface area contributed by atoms with Crippen LogP contribution in [0.4, 0.5) is 0 Å². The van der Waals surface area contributed by atoms with Crippen molar-refractivity contribution in [2.24, 2.45) is 17.8 Å². The molecule has 3 aliphatic carbocycles. The van der Waals surface area contributed by atoms with E-state index in [4.69, 9.17) is 11.6 Å². The largest absolute Gasteiger partial charge is 0.351 e. The molecule has 0 spiro atoms. The first-order chi connectivity index (χ1) is 6.40. The van der Waals surface area contributed by atoms with Crippen LogP contribution in [0.1, 0.15) is 33.6 Å². The van der Waals surface area contributed by atoms with Crippen molar-refractivity contribution in [3.63, 3.8) is 0 Å². The van der Waals surface area contributed by atoms with E-state index < -0.39 is 0 Å². The standard InChI is InChI=1S/C11H18ClNO/c1-11(2,3)13-10(14)8-6-4-5-7(8)9(6)12/h6-9H,4-5H2,1-3H3,(H,13,14)/t6-,7-,8?,9?/m0/s1. The van der Waals surface area contributed by atoms with Crippen LogP contribution >= 0.6 is 11.6 Å². The molecule has 3 fully saturated rings. The second kappa shape index (κ2) is 3.13. The molecule has 0 radical (unpaired) electrons. The predicted molar refractivity (Wildman–Crippen MR) is 57.2 cm³/mol. The monoisotopic (exact) mass is 215 g/mol. The minimum absolute atomic E-state index is 0.117. The lowest BCUT2D eigenvalue weighted by atomic mass is 9.71. The minimum atomic E-state index is -0.117. The topological polar surface area (TPSA) is 29.1 Å². The number of amides is 1. The first kappa shape index (κ1) is 10.3. The molecule has 0 heterocycles. The molecule has 2 nitrogen and oxygen atoms in total. The van der Waals surface area contributed by atoms with Crippen LogP contribution in [0.15, 0.2) is 0 Å². The second-order valence-corrected chi connectivity index (χ2v) is 6.12. The summed E-state index contributed by atoms with van der Waals surface area (Å²) in [7, 11) is 0. The Morgan fingerprint density at radius 1 is 1.29 bits per heavy atom. The Labute approximate surface area is 90.4 Å². The molecule has 0 aromatic heterocycles. The van der Waals surface area contributed by atoms with Crippen LogP contribution in [0, 0.1) is 17.8 Å². The molecule has 14 heavy (non-hydrogen) atoms. The zero-order valence-electron chi connectivity index (χ0n) is 9.01. The van der Waals surface area contributed by atoms with Crippen LogP contribution < -0.4 is 5.32 Å². The third kappa shape index (κ3) is 1.54. The van der Waals surface area contributed by atoms with Crippen LogP contribution in [-0.4, -0.2) is 16.8 Å². The van der Waals surface area contributed by atoms with E-state index in [2.05, 4.69) is 5.32 Å². The number of fused-ring (bicyclic) bond motifs is 1. The summed E-state index contributed by atoms with van der Waals surface area (Å²) in [6, 6.07) is 0. The summed E-state index contributed by atoms with van der Waals surface area (Å²) in [5, 5.41) is 3.31. The Bertz CT molecular complexity index is 247. The zero-order chi connectivity index (χ0) is 10.5. The van der Waals surface area contributed by atoms with Gasteiger partial charge >= 0.3 is 0 Å². The van der Waals surface area contributed by atoms with Gasteiger partial charge in [0.15, 0.2) is 0 Å². The summed E-state index contributed by atoms with van der Waals surface area (Å²) in [6.45, 7) is 6.05. The van der Waals surface area contributed by atoms with E-state index in [0.717, 1.165) is 12.8 Å². The fourth-order valence-corrected chi connectivity index (χ4v) is 3.36. The third-order valence-electron chi connectivity index (χ3n) is 3.37. The number of halogens is 1. The lowest BCUT2D eigenvalue weighted by molar-refractivity contribution is -0.132. The number of hydrogen-bond donors (Lipinski definition) is 1. The van der Waals surface area contributed by atoms with Gasteiger partial charge in [0, 0.05) is 16.8 Å². The SMILES string of the molecule is CC(C)(C)NC(=O)C1[C@@H]2CC[C@@H]1C2Cl. The van der Waals surface area contributed by atoms with Gasteiger partial charge in [-0.05, 0) is 45.4 Å². The quantitative estimate of drug-likeness (QED) is 0.668. The molecule has 3 heteroatoms. The van der Waals surface area contributed by atoms with Gasteiger partial charge < -0.3 is 5.32 Å². The van der Waals surface area contributed by atoms with Gasteiger partial charge in [0.1, 0.15) is 0 Å². The van der Waals surface area contributed by atoms with Crippen molar-refractivity contribution in [2.45, 2.75) is 44.5 Å². The van der Waals surface area contributed by atoms with Crippen LogP contribution in [0.5, 0.6) is 0 Å². The molecule has 3 saturated carbocycles. The van der Waals surface area contributed by atoms with E-state index in [1.807, 2.05) is 20.8 Å². The van der Waals surface area contributed by atoms with Gasteiger partial charge in [-0.25, -0.2) is 0 Å². The number of rotatable bonds is 1. The van der Waals surface area contributed by atoms with E-state index in [1.54, 1.807) is 0 Å². The molecule has 0 unspecified atom stereocenters. The highest BCUT2D eigenvalue weighted by Crippen LogP contribution is 2.56. The molecule has 0 aromatic rings. The maximum absolute atomic E-state index is 11.9. The molecule has 3 rings (SSSR count). The predicted octanol–water partition coefficient (Wildman–Crippen LogP) is 2.16. The number of carbonyl (C=O) groups excluding carboxylic acids is 1. The van der Waals surface area contributed by atoms with Crippen molar-refractivity contribution < 1.29 is 4.79 Å². The molecule has 3 aliphatic rings. The van der Waals surface area contributed by atoms with E-state index in [0.29, 0.717) is 11.8 Å². The Morgan fingerprint density at radius 2 is 1.79 bits per heavy atom. The lowest BCUT2D eigenvalue weighted by Gasteiger charge is -2.41. The van der Waals surface area contributed by atoms with Crippen molar-refractivity contribution in [1.29, 1.82) is 0 Å². The van der Waals surface area contributed by atoms with Crippen LogP contribution in [0.25, 0.3) is 0 Å². The molecular formula is C11H18ClNO. The number of alkyl halides is 1. The molecule has 0 aromatic carbocycles. The molecule has 1 N–H and O–H groups in total. The van der Waals surface area contributed by atoms with Crippen LogP contribution in [0.2, 0.25) is 0 Å². The van der Waals surface area contributed by atoms with E-state index in [-0.39, 0.29) is 22.7 Å². The van der Waals surface area contributed by atoms with Crippen LogP contribution in [-0.2, 0) is 4.79 Å². The van der Waals surface area contributed by atoms with Crippen molar-refractivity contribution in [2.75, 3.05) is 0 Å². The highest BCUT2D eigenvalue weighted by molar-refractivity contribution is 6.22. The molecule has 1 amide bonds. The van der Waals surface area contributed by atoms with E-state index in [9.17, 15) is 4.79 Å². The first-order valence-electron chi connectivity index (χ1n) is 5.36. The zero-order valence-corrected chi connectivity index (χ0v) is 9.77. The molecule has 2 bridgehead atoms. The number of nitrogens with one attached hydrogen (secondary N) is 1. The molecule has 2 atom stereocenters. The highest BCUT2D eigenvalue weighted by atomic mass is 35.5. The Kier molecular flexibility index (Phi) is 2.30. The minimum Gasteiger partial charge on any atom is -0.351 e. The summed E-state index contributed by atoms with van der Waals surface area (Å²) >= 11 is 6.14. The first-order valence-corrected chi connectivity index (χ1v) is 5.80. The maximum Gasteiger partial charge on any atom is 0.224 e. The fourth-order valence-electron chi connectivity index (χ4n) is 2.79. The van der Waals surface area contributed by atoms with Crippen LogP contribution in [0.3, 0.4) is 0 Å². The van der Waals surface area contributed by atoms with Gasteiger partial charge in [-0.15, -0.1) is 11.6 Å². The van der Waals surface area contributed by atoms with Gasteiger partial charge in [0.25, 0.3) is 0 Å². The van der Waals surface area contributed by atoms with Gasteiger partial charge in [-0.1, -0.05) is 0 Å². The smallest absolute Gasteiger partial charge is 0.224 e. The van der Waals surface area contributed by atoms with Crippen molar-refractivity contribution in [3.8, 4) is 0 Å². The molecule has 0 aliphatic heterocycles. The number of carbonyl (C=O) groups is 1. The van der Waals surface area contributed by atoms with Crippen molar-refractivity contribution in [3.05, 3.63) is 0 Å². The average molecular weight is 216 g/mol. The number of hydrogen-bond acceptors (Lipinski definition) is 1. The Morgan fingerprint density at radius 3 is 2.14 bits per heavy atom. The Balaban J connectivity index is 1.96. The second-order valence-electron chi connectivity index (χ2n) is 5.61. The molecule has 0 saturated heterocycles. The highest BCUT2D eigenvalue weighted by Gasteiger charge is 2.57. The summed E-state index contributed by atoms with van der Waals surface area (Å²) in [6.07, 6.45) is 2.28. The normalized spacial score (nSPS) is 40.6. The maximum atomic E-state index is 11.9. The summed E-state index contributed by atoms with van der Waals surface area (Å²) in [5.74, 6) is 1.31. The summed E-state index contributed by atoms with van der Waals surface area (Å²) < 4.78 is 0. The third-order valence-corrected chi connectivity index (χ3v) is 4.02. The summed E-state index contributed by atoms with van der Waals surface area (Å²) in [5.41, 5.74) is -0.117. The van der Waals surface area contributed by atoms with Gasteiger partial charge in [0.05, 0.1) is 0 Å². The fraction of sp³-hybridized carbons (Fsp3) is 0.909. The van der Waals surface area contributed by atoms with E-state index >= 15 is 0 Å².